The van der Waals surface area contributed by atoms with Crippen molar-refractivity contribution >= 4 is 23.6 Å². The number of carbonyl (C=O) groups is 3. The summed E-state index contributed by atoms with van der Waals surface area (Å²) in [5, 5.41) is 91.5. The van der Waals surface area contributed by atoms with E-state index in [0.29, 0.717) is 36.4 Å². The second kappa shape index (κ2) is 12.2. The van der Waals surface area contributed by atoms with Gasteiger partial charge in [0.1, 0.15) is 5.70 Å². The molecular formula is C29H19NO16. The molecule has 0 aliphatic heterocycles. The summed E-state index contributed by atoms with van der Waals surface area (Å²) in [6.07, 6.45) is 0. The number of rotatable bonds is 8. The molecule has 17 nitrogen and oxygen atoms in total. The Morgan fingerprint density at radius 1 is 0.457 bits per heavy atom. The summed E-state index contributed by atoms with van der Waals surface area (Å²) in [6, 6.07) is 5.92. The van der Waals surface area contributed by atoms with E-state index >= 15 is 0 Å². The van der Waals surface area contributed by atoms with Crippen molar-refractivity contribution in [3.8, 4) is 69.0 Å². The SMILES string of the molecule is C=C(N=O)c1cc(O)c(O)c(OC(=O)c2cc(OC(=O)c3cc(O)c(O)c(O)c3)c(O)c(OC(=O)c3cc(O)c(O)c(O)c3)c2)c1. The highest BCUT2D eigenvalue weighted by molar-refractivity contribution is 5.97. The molecular weight excluding hydrogens is 618 g/mol. The molecule has 0 unspecified atom stereocenters. The predicted molar refractivity (Wildman–Crippen MR) is 150 cm³/mol. The van der Waals surface area contributed by atoms with Gasteiger partial charge in [0.25, 0.3) is 0 Å². The van der Waals surface area contributed by atoms with Gasteiger partial charge in [0.2, 0.25) is 11.5 Å². The molecule has 0 aliphatic carbocycles. The van der Waals surface area contributed by atoms with E-state index in [-0.39, 0.29) is 5.56 Å². The van der Waals surface area contributed by atoms with Crippen LogP contribution in [0.3, 0.4) is 0 Å². The fourth-order valence-electron chi connectivity index (χ4n) is 3.67. The highest BCUT2D eigenvalue weighted by atomic mass is 16.6. The van der Waals surface area contributed by atoms with Crippen molar-refractivity contribution in [3.05, 3.63) is 82.3 Å². The van der Waals surface area contributed by atoms with Crippen LogP contribution < -0.4 is 14.2 Å². The highest BCUT2D eigenvalue weighted by Gasteiger charge is 2.26. The number of esters is 3. The number of hydrogen-bond acceptors (Lipinski definition) is 17. The first kappa shape index (κ1) is 31.8. The Labute approximate surface area is 254 Å². The molecule has 9 N–H and O–H groups in total. The molecule has 0 bridgehead atoms. The Morgan fingerprint density at radius 3 is 1.11 bits per heavy atom. The van der Waals surface area contributed by atoms with Crippen LogP contribution in [0.2, 0.25) is 0 Å². The van der Waals surface area contributed by atoms with Gasteiger partial charge in [-0.25, -0.2) is 14.4 Å². The number of phenols is 9. The molecule has 4 aromatic carbocycles. The maximum absolute atomic E-state index is 13.1. The van der Waals surface area contributed by atoms with E-state index in [1.165, 1.54) is 0 Å². The summed E-state index contributed by atoms with van der Waals surface area (Å²) in [6.45, 7) is 3.33. The Balaban J connectivity index is 1.77. The van der Waals surface area contributed by atoms with Crippen LogP contribution in [-0.2, 0) is 0 Å². The molecule has 0 heterocycles. The van der Waals surface area contributed by atoms with E-state index in [4.69, 9.17) is 14.2 Å². The van der Waals surface area contributed by atoms with Crippen molar-refractivity contribution < 1.29 is 74.6 Å². The number of carbonyl (C=O) groups excluding carboxylic acids is 3. The van der Waals surface area contributed by atoms with Gasteiger partial charge < -0.3 is 60.2 Å². The average molecular weight is 637 g/mol. The van der Waals surface area contributed by atoms with E-state index in [1.54, 1.807) is 0 Å². The molecule has 0 aliphatic rings. The summed E-state index contributed by atoms with van der Waals surface area (Å²) >= 11 is 0. The molecule has 4 rings (SSSR count). The summed E-state index contributed by atoms with van der Waals surface area (Å²) < 4.78 is 15.2. The van der Waals surface area contributed by atoms with Crippen molar-refractivity contribution in [2.24, 2.45) is 5.18 Å². The lowest BCUT2D eigenvalue weighted by atomic mass is 10.1. The van der Waals surface area contributed by atoms with Crippen LogP contribution in [0, 0.1) is 4.91 Å². The van der Waals surface area contributed by atoms with E-state index in [9.17, 15) is 65.2 Å². The quantitative estimate of drug-likeness (QED) is 0.0578. The molecule has 236 valence electrons. The molecule has 46 heavy (non-hydrogen) atoms. The van der Waals surface area contributed by atoms with Gasteiger partial charge in [-0.3, -0.25) is 0 Å². The van der Waals surface area contributed by atoms with Gasteiger partial charge in [-0.1, -0.05) is 6.58 Å². The van der Waals surface area contributed by atoms with Gasteiger partial charge in [-0.15, -0.1) is 4.91 Å². The topological polar surface area (TPSA) is 290 Å². The zero-order valence-electron chi connectivity index (χ0n) is 22.7. The van der Waals surface area contributed by atoms with E-state index < -0.39 is 109 Å². The van der Waals surface area contributed by atoms with Crippen molar-refractivity contribution in [1.29, 1.82) is 0 Å². The van der Waals surface area contributed by atoms with Gasteiger partial charge in [0.15, 0.2) is 57.5 Å². The smallest absolute Gasteiger partial charge is 0.343 e. The van der Waals surface area contributed by atoms with E-state index in [0.717, 1.165) is 12.1 Å². The van der Waals surface area contributed by atoms with Crippen molar-refractivity contribution in [2.45, 2.75) is 0 Å². The van der Waals surface area contributed by atoms with Crippen molar-refractivity contribution in [2.75, 3.05) is 0 Å². The largest absolute Gasteiger partial charge is 0.504 e. The molecule has 0 atom stereocenters. The number of aromatic hydroxyl groups is 9. The number of benzene rings is 4. The minimum atomic E-state index is -1.41. The molecule has 0 amide bonds. The van der Waals surface area contributed by atoms with Crippen molar-refractivity contribution in [1.82, 2.24) is 0 Å². The van der Waals surface area contributed by atoms with E-state index in [2.05, 4.69) is 11.8 Å². The van der Waals surface area contributed by atoms with Crippen LogP contribution in [0.15, 0.2) is 60.3 Å². The third-order valence-corrected chi connectivity index (χ3v) is 5.99. The van der Waals surface area contributed by atoms with Gasteiger partial charge in [0.05, 0.1) is 16.7 Å². The fraction of sp³-hybridized carbons (Fsp3) is 0. The molecule has 0 saturated carbocycles. The van der Waals surface area contributed by atoms with Crippen LogP contribution in [0.5, 0.6) is 69.0 Å². The predicted octanol–water partition coefficient (Wildman–Crippen LogP) is 3.43. The normalized spacial score (nSPS) is 10.5. The summed E-state index contributed by atoms with van der Waals surface area (Å²) in [7, 11) is 0. The first-order valence-corrected chi connectivity index (χ1v) is 12.2. The average Bonchev–Trinajstić information content (AvgIpc) is 3.01. The molecule has 0 spiro atoms. The lowest BCUT2D eigenvalue weighted by Gasteiger charge is -2.14. The third kappa shape index (κ3) is 6.27. The lowest BCUT2D eigenvalue weighted by molar-refractivity contribution is 0.0696. The second-order valence-electron chi connectivity index (χ2n) is 9.10. The Kier molecular flexibility index (Phi) is 8.43. The number of nitroso groups, excluding NO2 is 1. The Morgan fingerprint density at radius 2 is 0.739 bits per heavy atom. The Hall–Kier alpha value is -7.17. The summed E-state index contributed by atoms with van der Waals surface area (Å²) in [5.41, 5.74) is -2.39. The molecule has 4 aromatic rings. The summed E-state index contributed by atoms with van der Waals surface area (Å²) in [5.74, 6) is -15.3. The minimum Gasteiger partial charge on any atom is -0.504 e. The number of hydrogen-bond donors (Lipinski definition) is 9. The molecule has 0 saturated heterocycles. The van der Waals surface area contributed by atoms with E-state index in [1.807, 2.05) is 0 Å². The van der Waals surface area contributed by atoms with Crippen molar-refractivity contribution in [3.63, 3.8) is 0 Å². The maximum Gasteiger partial charge on any atom is 0.343 e. The second-order valence-corrected chi connectivity index (χ2v) is 9.10. The van der Waals surface area contributed by atoms with Gasteiger partial charge in [-0.2, -0.15) is 0 Å². The van der Waals surface area contributed by atoms with Crippen LogP contribution in [0.25, 0.3) is 5.70 Å². The zero-order chi connectivity index (χ0) is 34.0. The monoisotopic (exact) mass is 637 g/mol. The molecule has 0 radical (unpaired) electrons. The molecule has 0 fully saturated rings. The van der Waals surface area contributed by atoms with Crippen LogP contribution >= 0.6 is 0 Å². The molecule has 17 heteroatoms. The fourth-order valence-corrected chi connectivity index (χ4v) is 3.67. The number of ether oxygens (including phenoxy) is 3. The van der Waals surface area contributed by atoms with Gasteiger partial charge in [-0.05, 0) is 53.7 Å². The van der Waals surface area contributed by atoms with Crippen LogP contribution in [0.4, 0.5) is 0 Å². The maximum atomic E-state index is 13.1. The lowest BCUT2D eigenvalue weighted by Crippen LogP contribution is -2.14. The van der Waals surface area contributed by atoms with Gasteiger partial charge in [0, 0.05) is 5.56 Å². The standard InChI is InChI=1S/C29H19NO16/c1-10(30-43)11-2-19(35)25(38)20(7-11)44-29(42)14-8-21(45-27(40)12-3-15(31)23(36)16(32)4-12)26(39)22(9-14)46-28(41)13-5-17(33)24(37)18(34)6-13/h2-9,31-39H,1H2. The van der Waals surface area contributed by atoms with Crippen LogP contribution in [-0.4, -0.2) is 63.9 Å². The Bertz CT molecular complexity index is 1830. The summed E-state index contributed by atoms with van der Waals surface area (Å²) in [4.78, 5) is 49.6. The molecule has 0 aromatic heterocycles. The van der Waals surface area contributed by atoms with Gasteiger partial charge >= 0.3 is 17.9 Å². The minimum absolute atomic E-state index is 0.163. The highest BCUT2D eigenvalue weighted by Crippen LogP contribution is 2.43. The number of nitrogens with zero attached hydrogens (tertiary/aromatic N) is 1. The first-order chi connectivity index (χ1) is 21.6. The number of phenolic OH excluding ortho intramolecular Hbond substituents is 9. The van der Waals surface area contributed by atoms with Crippen LogP contribution in [0.1, 0.15) is 36.6 Å². The first-order valence-electron chi connectivity index (χ1n) is 12.2. The third-order valence-electron chi connectivity index (χ3n) is 5.99. The zero-order valence-corrected chi connectivity index (χ0v) is 22.7.